The van der Waals surface area contributed by atoms with Crippen LogP contribution in [0.15, 0.2) is 54.6 Å². The molecule has 1 N–H and O–H groups in total. The van der Waals surface area contributed by atoms with Gasteiger partial charge in [-0.1, -0.05) is 67.9 Å². The number of fused-ring (bicyclic) bond motifs is 3. The van der Waals surface area contributed by atoms with Gasteiger partial charge in [0, 0.05) is 6.42 Å². The van der Waals surface area contributed by atoms with Crippen LogP contribution in [0.4, 0.5) is 0 Å². The van der Waals surface area contributed by atoms with Gasteiger partial charge in [0.2, 0.25) is 0 Å². The van der Waals surface area contributed by atoms with E-state index < -0.39 is 5.60 Å². The van der Waals surface area contributed by atoms with Crippen LogP contribution in [0.2, 0.25) is 0 Å². The minimum atomic E-state index is -0.771. The van der Waals surface area contributed by atoms with Gasteiger partial charge in [0.05, 0.1) is 5.60 Å². The van der Waals surface area contributed by atoms with Gasteiger partial charge in [-0.2, -0.15) is 0 Å². The van der Waals surface area contributed by atoms with Crippen LogP contribution in [0.1, 0.15) is 62.1 Å². The van der Waals surface area contributed by atoms with Crippen molar-refractivity contribution in [1.29, 1.82) is 0 Å². The fourth-order valence-electron chi connectivity index (χ4n) is 6.05. The number of aliphatic hydroxyl groups is 1. The number of aryl methyl sites for hydroxylation is 1. The maximum Gasteiger partial charge on any atom is 0.0969 e. The summed E-state index contributed by atoms with van der Waals surface area (Å²) in [5, 5.41) is 12.3. The third kappa shape index (κ3) is 3.72. The molecule has 0 spiro atoms. The molecule has 0 aromatic heterocycles. The summed E-state index contributed by atoms with van der Waals surface area (Å²) >= 11 is 0. The monoisotopic (exact) mass is 362 g/mol. The van der Waals surface area contributed by atoms with Crippen LogP contribution in [-0.4, -0.2) is 5.11 Å². The van der Waals surface area contributed by atoms with Gasteiger partial charge in [0.1, 0.15) is 0 Å². The molecule has 2 aromatic carbocycles. The van der Waals surface area contributed by atoms with Crippen molar-refractivity contribution in [2.24, 2.45) is 23.7 Å². The molecule has 1 nitrogen and oxygen atoms in total. The molecule has 0 amide bonds. The van der Waals surface area contributed by atoms with E-state index in [9.17, 15) is 5.11 Å². The molecule has 5 unspecified atom stereocenters. The average Bonchev–Trinajstić information content (AvgIpc) is 2.99. The topological polar surface area (TPSA) is 20.2 Å². The molecule has 0 aliphatic heterocycles. The van der Waals surface area contributed by atoms with E-state index in [-0.39, 0.29) is 0 Å². The molecule has 2 aromatic rings. The van der Waals surface area contributed by atoms with Crippen LogP contribution in [0.25, 0.3) is 0 Å². The third-order valence-electron chi connectivity index (χ3n) is 7.66. The second-order valence-electron chi connectivity index (χ2n) is 9.24. The highest BCUT2D eigenvalue weighted by Gasteiger charge is 2.46. The summed E-state index contributed by atoms with van der Waals surface area (Å²) < 4.78 is 0. The van der Waals surface area contributed by atoms with Crippen molar-refractivity contribution >= 4 is 0 Å². The van der Waals surface area contributed by atoms with Crippen molar-refractivity contribution in [3.63, 3.8) is 0 Å². The highest BCUT2D eigenvalue weighted by Crippen LogP contribution is 2.50. The van der Waals surface area contributed by atoms with Crippen LogP contribution in [0.3, 0.4) is 0 Å². The van der Waals surface area contributed by atoms with Gasteiger partial charge in [-0.25, -0.2) is 0 Å². The van der Waals surface area contributed by atoms with Crippen LogP contribution >= 0.6 is 0 Å². The van der Waals surface area contributed by atoms with E-state index in [1.165, 1.54) is 43.2 Å². The summed E-state index contributed by atoms with van der Waals surface area (Å²) in [6, 6.07) is 19.1. The smallest absolute Gasteiger partial charge is 0.0969 e. The second-order valence-corrected chi connectivity index (χ2v) is 9.24. The number of rotatable bonds is 4. The first-order valence-corrected chi connectivity index (χ1v) is 10.9. The largest absolute Gasteiger partial charge is 0.385 e. The van der Waals surface area contributed by atoms with Crippen molar-refractivity contribution in [3.05, 3.63) is 71.3 Å². The standard InChI is InChI=1S/C26H34O/c1-19-12-13-23-15-14-22(19)16-17-25(23)26(27,18-21-9-4-3-5-10-21)24-11-7-6-8-20(24)2/h3-11,19,22-23,25,27H,12-18H2,1-2H3. The van der Waals surface area contributed by atoms with Crippen LogP contribution in [-0.2, 0) is 12.0 Å². The van der Waals surface area contributed by atoms with Crippen LogP contribution < -0.4 is 0 Å². The highest BCUT2D eigenvalue weighted by atomic mass is 16.3. The van der Waals surface area contributed by atoms with Gasteiger partial charge in [-0.15, -0.1) is 0 Å². The maximum atomic E-state index is 12.3. The molecule has 2 saturated carbocycles. The Bertz CT molecular complexity index is 750. The number of hydrogen-bond donors (Lipinski definition) is 1. The molecule has 27 heavy (non-hydrogen) atoms. The lowest BCUT2D eigenvalue weighted by atomic mass is 9.66. The zero-order chi connectivity index (χ0) is 18.9. The van der Waals surface area contributed by atoms with Gasteiger partial charge in [0.25, 0.3) is 0 Å². The van der Waals surface area contributed by atoms with Crippen molar-refractivity contribution in [2.45, 2.75) is 64.4 Å². The molecule has 0 saturated heterocycles. The number of benzene rings is 2. The SMILES string of the molecule is Cc1ccccc1C(O)(Cc1ccccc1)C1CCC2CCC1CCC2C. The van der Waals surface area contributed by atoms with E-state index >= 15 is 0 Å². The summed E-state index contributed by atoms with van der Waals surface area (Å²) in [5.41, 5.74) is 2.84. The molecular formula is C26H34O. The first-order chi connectivity index (χ1) is 13.1. The van der Waals surface area contributed by atoms with E-state index in [4.69, 9.17) is 0 Å². The van der Waals surface area contributed by atoms with Gasteiger partial charge >= 0.3 is 0 Å². The molecule has 0 heterocycles. The lowest BCUT2D eigenvalue weighted by Gasteiger charge is -2.42. The van der Waals surface area contributed by atoms with E-state index in [1.807, 2.05) is 0 Å². The lowest BCUT2D eigenvalue weighted by Crippen LogP contribution is -2.42. The first-order valence-electron chi connectivity index (χ1n) is 10.9. The van der Waals surface area contributed by atoms with Gasteiger partial charge in [-0.05, 0) is 79.4 Å². The average molecular weight is 363 g/mol. The predicted octanol–water partition coefficient (Wildman–Crippen LogP) is 6.28. The highest BCUT2D eigenvalue weighted by molar-refractivity contribution is 5.34. The quantitative estimate of drug-likeness (QED) is 0.679. The Hall–Kier alpha value is -1.60. The molecule has 2 aliphatic carbocycles. The molecule has 5 atom stereocenters. The minimum Gasteiger partial charge on any atom is -0.385 e. The first kappa shape index (κ1) is 18.7. The predicted molar refractivity (Wildman–Crippen MR) is 113 cm³/mol. The summed E-state index contributed by atoms with van der Waals surface area (Å²) in [5.74, 6) is 2.72. The third-order valence-corrected chi connectivity index (χ3v) is 7.66. The van der Waals surface area contributed by atoms with Gasteiger partial charge in [-0.3, -0.25) is 0 Å². The fraction of sp³-hybridized carbons (Fsp3) is 0.538. The van der Waals surface area contributed by atoms with Crippen molar-refractivity contribution < 1.29 is 5.11 Å². The molecule has 4 rings (SSSR count). The second kappa shape index (κ2) is 7.80. The Morgan fingerprint density at radius 3 is 2.22 bits per heavy atom. The van der Waals surface area contributed by atoms with Gasteiger partial charge in [0.15, 0.2) is 0 Å². The van der Waals surface area contributed by atoms with E-state index in [0.29, 0.717) is 11.8 Å². The van der Waals surface area contributed by atoms with Crippen LogP contribution in [0.5, 0.6) is 0 Å². The van der Waals surface area contributed by atoms with E-state index in [1.54, 1.807) is 0 Å². The Morgan fingerprint density at radius 2 is 1.44 bits per heavy atom. The Morgan fingerprint density at radius 1 is 0.815 bits per heavy atom. The number of hydrogen-bond acceptors (Lipinski definition) is 1. The summed E-state index contributed by atoms with van der Waals surface area (Å²) in [6.07, 6.45) is 8.44. The maximum absolute atomic E-state index is 12.3. The Kier molecular flexibility index (Phi) is 5.41. The lowest BCUT2D eigenvalue weighted by molar-refractivity contribution is -0.0567. The summed E-state index contributed by atoms with van der Waals surface area (Å²) in [4.78, 5) is 0. The molecular weight excluding hydrogens is 328 g/mol. The minimum absolute atomic E-state index is 0.358. The summed E-state index contributed by atoms with van der Waals surface area (Å²) in [6.45, 7) is 4.61. The Labute approximate surface area is 164 Å². The fourth-order valence-corrected chi connectivity index (χ4v) is 6.05. The molecule has 144 valence electrons. The van der Waals surface area contributed by atoms with Crippen molar-refractivity contribution in [2.75, 3.05) is 0 Å². The summed E-state index contributed by atoms with van der Waals surface area (Å²) in [7, 11) is 0. The zero-order valence-corrected chi connectivity index (χ0v) is 16.9. The molecule has 0 radical (unpaired) electrons. The molecule has 2 fully saturated rings. The van der Waals surface area contributed by atoms with Gasteiger partial charge < -0.3 is 5.11 Å². The van der Waals surface area contributed by atoms with Crippen molar-refractivity contribution in [1.82, 2.24) is 0 Å². The zero-order valence-electron chi connectivity index (χ0n) is 16.9. The molecule has 1 heteroatoms. The molecule has 2 aliphatic rings. The van der Waals surface area contributed by atoms with Crippen LogP contribution in [0, 0.1) is 30.6 Å². The normalized spacial score (nSPS) is 30.3. The molecule has 2 bridgehead atoms. The van der Waals surface area contributed by atoms with Crippen molar-refractivity contribution in [3.8, 4) is 0 Å². The van der Waals surface area contributed by atoms with E-state index in [0.717, 1.165) is 30.2 Å². The Balaban J connectivity index is 1.75. The van der Waals surface area contributed by atoms with E-state index in [2.05, 4.69) is 68.4 Å².